The predicted octanol–water partition coefficient (Wildman–Crippen LogP) is 3.29. The van der Waals surface area contributed by atoms with E-state index in [1.165, 1.54) is 11.8 Å². The van der Waals surface area contributed by atoms with E-state index in [2.05, 4.69) is 15.8 Å². The molecule has 2 aromatic carbocycles. The second kappa shape index (κ2) is 11.0. The summed E-state index contributed by atoms with van der Waals surface area (Å²) in [5.41, 5.74) is 2.22. The van der Waals surface area contributed by atoms with Gasteiger partial charge in [0.05, 0.1) is 5.71 Å². The van der Waals surface area contributed by atoms with Gasteiger partial charge in [-0.05, 0) is 36.8 Å². The number of carbonyl (C=O) groups is 2. The van der Waals surface area contributed by atoms with E-state index in [4.69, 9.17) is 4.84 Å². The molecule has 0 unspecified atom stereocenters. The van der Waals surface area contributed by atoms with Crippen LogP contribution in [-0.2, 0) is 14.4 Å². The highest BCUT2D eigenvalue weighted by molar-refractivity contribution is 7.99. The van der Waals surface area contributed by atoms with E-state index < -0.39 is 0 Å². The van der Waals surface area contributed by atoms with Crippen molar-refractivity contribution in [3.8, 4) is 0 Å². The van der Waals surface area contributed by atoms with Crippen LogP contribution in [0.5, 0.6) is 0 Å². The standard InChI is InChI=1S/C20H23N3O3S/c1-15(17-8-10-18(11-9-17)22-16(2)24)23-26-14-20(25)21-12-13-27-19-6-4-3-5-7-19/h3-11H,12-14H2,1-2H3,(H,21,25)(H,22,24)/b23-15+. The third-order valence-corrected chi connectivity index (χ3v) is 4.47. The molecular weight excluding hydrogens is 362 g/mol. The molecule has 0 aliphatic heterocycles. The fourth-order valence-electron chi connectivity index (χ4n) is 2.17. The number of oxime groups is 1. The van der Waals surface area contributed by atoms with E-state index in [-0.39, 0.29) is 18.4 Å². The molecule has 142 valence electrons. The molecule has 0 fully saturated rings. The molecule has 0 aromatic heterocycles. The van der Waals surface area contributed by atoms with Crippen molar-refractivity contribution in [1.29, 1.82) is 0 Å². The molecule has 6 nitrogen and oxygen atoms in total. The van der Waals surface area contributed by atoms with Crippen LogP contribution in [0.3, 0.4) is 0 Å². The fourth-order valence-corrected chi connectivity index (χ4v) is 2.95. The van der Waals surface area contributed by atoms with Crippen LogP contribution in [0.4, 0.5) is 5.69 Å². The fraction of sp³-hybridized carbons (Fsp3) is 0.250. The summed E-state index contributed by atoms with van der Waals surface area (Å²) in [5.74, 6) is 0.462. The van der Waals surface area contributed by atoms with Crippen LogP contribution in [0, 0.1) is 0 Å². The number of carbonyl (C=O) groups excluding carboxylic acids is 2. The summed E-state index contributed by atoms with van der Waals surface area (Å²) in [7, 11) is 0. The maximum absolute atomic E-state index is 11.8. The highest BCUT2D eigenvalue weighted by atomic mass is 32.2. The summed E-state index contributed by atoms with van der Waals surface area (Å²) in [6.07, 6.45) is 0. The number of hydrogen-bond donors (Lipinski definition) is 2. The van der Waals surface area contributed by atoms with Gasteiger partial charge in [0.15, 0.2) is 6.61 Å². The van der Waals surface area contributed by atoms with Gasteiger partial charge in [0.25, 0.3) is 5.91 Å². The van der Waals surface area contributed by atoms with E-state index in [1.54, 1.807) is 30.8 Å². The van der Waals surface area contributed by atoms with Gasteiger partial charge in [-0.1, -0.05) is 35.5 Å². The molecule has 0 heterocycles. The van der Waals surface area contributed by atoms with E-state index in [1.807, 2.05) is 42.5 Å². The average Bonchev–Trinajstić information content (AvgIpc) is 2.66. The monoisotopic (exact) mass is 385 g/mol. The zero-order valence-electron chi connectivity index (χ0n) is 15.4. The molecule has 2 aromatic rings. The Morgan fingerprint density at radius 1 is 1.04 bits per heavy atom. The van der Waals surface area contributed by atoms with Crippen molar-refractivity contribution in [2.24, 2.45) is 5.16 Å². The Morgan fingerprint density at radius 2 is 1.74 bits per heavy atom. The lowest BCUT2D eigenvalue weighted by molar-refractivity contribution is -0.125. The molecule has 0 spiro atoms. The second-order valence-electron chi connectivity index (χ2n) is 5.72. The van der Waals surface area contributed by atoms with Gasteiger partial charge < -0.3 is 15.5 Å². The Labute approximate surface area is 163 Å². The molecule has 0 aliphatic carbocycles. The lowest BCUT2D eigenvalue weighted by atomic mass is 10.1. The zero-order chi connectivity index (χ0) is 19.5. The van der Waals surface area contributed by atoms with Crippen LogP contribution in [0.15, 0.2) is 64.6 Å². The molecule has 2 rings (SSSR count). The SMILES string of the molecule is CC(=O)Nc1ccc(/C(C)=N/OCC(=O)NCCSc2ccccc2)cc1. The number of anilines is 1. The van der Waals surface area contributed by atoms with Gasteiger partial charge in [-0.3, -0.25) is 9.59 Å². The van der Waals surface area contributed by atoms with Crippen LogP contribution in [0.2, 0.25) is 0 Å². The van der Waals surface area contributed by atoms with Crippen molar-refractivity contribution in [3.05, 3.63) is 60.2 Å². The highest BCUT2D eigenvalue weighted by Gasteiger charge is 2.03. The Morgan fingerprint density at radius 3 is 2.41 bits per heavy atom. The van der Waals surface area contributed by atoms with Crippen LogP contribution >= 0.6 is 11.8 Å². The largest absolute Gasteiger partial charge is 0.385 e. The first-order chi connectivity index (χ1) is 13.0. The molecule has 0 bridgehead atoms. The maximum atomic E-state index is 11.8. The minimum atomic E-state index is -0.207. The van der Waals surface area contributed by atoms with Crippen molar-refractivity contribution in [1.82, 2.24) is 5.32 Å². The number of hydrogen-bond acceptors (Lipinski definition) is 5. The molecule has 0 radical (unpaired) electrons. The Kier molecular flexibility index (Phi) is 8.38. The third-order valence-electron chi connectivity index (χ3n) is 3.46. The van der Waals surface area contributed by atoms with Crippen molar-refractivity contribution in [2.75, 3.05) is 24.2 Å². The number of amides is 2. The lowest BCUT2D eigenvalue weighted by Crippen LogP contribution is -2.29. The van der Waals surface area contributed by atoms with Gasteiger partial charge in [0.2, 0.25) is 5.91 Å². The quantitative estimate of drug-likeness (QED) is 0.300. The Hall–Kier alpha value is -2.80. The number of thioether (sulfide) groups is 1. The van der Waals surface area contributed by atoms with Crippen LogP contribution in [0.25, 0.3) is 0 Å². The summed E-state index contributed by atoms with van der Waals surface area (Å²) in [6.45, 7) is 3.69. The molecule has 0 aliphatic rings. The van der Waals surface area contributed by atoms with E-state index in [0.717, 1.165) is 11.3 Å². The molecular formula is C20H23N3O3S. The normalized spacial score (nSPS) is 11.0. The zero-order valence-corrected chi connectivity index (χ0v) is 16.2. The molecule has 0 atom stereocenters. The van der Waals surface area contributed by atoms with Gasteiger partial charge in [-0.2, -0.15) is 0 Å². The number of nitrogens with zero attached hydrogens (tertiary/aromatic N) is 1. The number of rotatable bonds is 9. The predicted molar refractivity (Wildman–Crippen MR) is 109 cm³/mol. The second-order valence-corrected chi connectivity index (χ2v) is 6.89. The smallest absolute Gasteiger partial charge is 0.260 e. The van der Waals surface area contributed by atoms with E-state index >= 15 is 0 Å². The summed E-state index contributed by atoms with van der Waals surface area (Å²) in [4.78, 5) is 29.1. The average molecular weight is 385 g/mol. The maximum Gasteiger partial charge on any atom is 0.260 e. The first-order valence-electron chi connectivity index (χ1n) is 8.54. The summed E-state index contributed by atoms with van der Waals surface area (Å²) >= 11 is 1.68. The number of benzene rings is 2. The van der Waals surface area contributed by atoms with Crippen molar-refractivity contribution in [3.63, 3.8) is 0 Å². The molecule has 7 heteroatoms. The molecule has 2 amide bonds. The van der Waals surface area contributed by atoms with Crippen molar-refractivity contribution in [2.45, 2.75) is 18.7 Å². The summed E-state index contributed by atoms with van der Waals surface area (Å²) in [5, 5.41) is 9.46. The van der Waals surface area contributed by atoms with Crippen LogP contribution in [-0.4, -0.2) is 36.4 Å². The summed E-state index contributed by atoms with van der Waals surface area (Å²) in [6, 6.07) is 17.3. The van der Waals surface area contributed by atoms with Gasteiger partial charge in [-0.15, -0.1) is 11.8 Å². The van der Waals surface area contributed by atoms with Gasteiger partial charge in [-0.25, -0.2) is 0 Å². The highest BCUT2D eigenvalue weighted by Crippen LogP contribution is 2.15. The van der Waals surface area contributed by atoms with E-state index in [0.29, 0.717) is 17.9 Å². The van der Waals surface area contributed by atoms with Crippen LogP contribution in [0.1, 0.15) is 19.4 Å². The van der Waals surface area contributed by atoms with Gasteiger partial charge in [0, 0.05) is 29.8 Å². The first-order valence-corrected chi connectivity index (χ1v) is 9.52. The van der Waals surface area contributed by atoms with Crippen LogP contribution < -0.4 is 10.6 Å². The first kappa shape index (κ1) is 20.5. The molecule has 0 saturated heterocycles. The minimum absolute atomic E-state index is 0.121. The number of nitrogens with one attached hydrogen (secondary N) is 2. The van der Waals surface area contributed by atoms with E-state index in [9.17, 15) is 9.59 Å². The molecule has 2 N–H and O–H groups in total. The van der Waals surface area contributed by atoms with Crippen molar-refractivity contribution >= 4 is 35.0 Å². The lowest BCUT2D eigenvalue weighted by Gasteiger charge is -2.06. The molecule has 27 heavy (non-hydrogen) atoms. The Balaban J connectivity index is 1.67. The summed E-state index contributed by atoms with van der Waals surface area (Å²) < 4.78 is 0. The topological polar surface area (TPSA) is 79.8 Å². The van der Waals surface area contributed by atoms with Gasteiger partial charge in [0.1, 0.15) is 0 Å². The Bertz CT molecular complexity index is 777. The van der Waals surface area contributed by atoms with Crippen molar-refractivity contribution < 1.29 is 14.4 Å². The van der Waals surface area contributed by atoms with Gasteiger partial charge >= 0.3 is 0 Å². The third kappa shape index (κ3) is 7.96. The minimum Gasteiger partial charge on any atom is -0.385 e. The molecule has 0 saturated carbocycles.